The zero-order chi connectivity index (χ0) is 14.8. The second-order valence-electron chi connectivity index (χ2n) is 4.22. The molecule has 0 bridgehead atoms. The van der Waals surface area contributed by atoms with Gasteiger partial charge in [-0.15, -0.1) is 0 Å². The van der Waals surface area contributed by atoms with Crippen LogP contribution < -0.4 is 10.5 Å². The van der Waals surface area contributed by atoms with Gasteiger partial charge in [0.1, 0.15) is 4.90 Å². The highest BCUT2D eigenvalue weighted by Gasteiger charge is 2.30. The van der Waals surface area contributed by atoms with Crippen molar-refractivity contribution < 1.29 is 17.2 Å². The Morgan fingerprint density at radius 2 is 1.95 bits per heavy atom. The van der Waals surface area contributed by atoms with Gasteiger partial charge in [0, 0.05) is 11.6 Å². The van der Waals surface area contributed by atoms with Gasteiger partial charge >= 0.3 is 0 Å². The molecule has 3 N–H and O–H groups in total. The summed E-state index contributed by atoms with van der Waals surface area (Å²) in [5.41, 5.74) is 5.10. The third kappa shape index (κ3) is 3.09. The number of sulfonamides is 1. The van der Waals surface area contributed by atoms with E-state index in [1.165, 1.54) is 18.3 Å². The third-order valence-electron chi connectivity index (χ3n) is 2.70. The highest BCUT2D eigenvalue weighted by molar-refractivity contribution is 7.89. The predicted molar refractivity (Wildman–Crippen MR) is 70.9 cm³/mol. The van der Waals surface area contributed by atoms with Crippen LogP contribution in [0.15, 0.2) is 41.4 Å². The van der Waals surface area contributed by atoms with Crippen molar-refractivity contribution >= 4 is 20.9 Å². The van der Waals surface area contributed by atoms with Crippen LogP contribution in [-0.2, 0) is 10.0 Å². The van der Waals surface area contributed by atoms with Crippen LogP contribution in [0.4, 0.5) is 8.78 Å². The Morgan fingerprint density at radius 1 is 1.25 bits per heavy atom. The number of hydrogen-bond acceptors (Lipinski definition) is 4. The summed E-state index contributed by atoms with van der Waals surface area (Å²) in [4.78, 5) is 3.84. The van der Waals surface area contributed by atoms with E-state index in [2.05, 4.69) is 4.98 Å². The Labute approximate surface area is 114 Å². The van der Waals surface area contributed by atoms with Crippen molar-refractivity contribution in [2.24, 2.45) is 5.73 Å². The lowest BCUT2D eigenvalue weighted by Gasteiger charge is -2.15. The number of aromatic nitrogens is 1. The van der Waals surface area contributed by atoms with Gasteiger partial charge in [-0.3, -0.25) is 4.98 Å². The Balaban J connectivity index is 2.38. The third-order valence-corrected chi connectivity index (χ3v) is 4.14. The Hall–Kier alpha value is -1.64. The summed E-state index contributed by atoms with van der Waals surface area (Å²) in [7, 11) is -4.08. The fourth-order valence-electron chi connectivity index (χ4n) is 1.64. The zero-order valence-corrected chi connectivity index (χ0v) is 11.2. The predicted octanol–water partition coefficient (Wildman–Crippen LogP) is 1.11. The first kappa shape index (κ1) is 14.8. The maximum atomic E-state index is 13.0. The molecule has 0 saturated heterocycles. The SMILES string of the molecule is NCC(F)(F)CNS(=O)(=O)c1cccc2cccnc12. The van der Waals surface area contributed by atoms with Gasteiger partial charge in [0.2, 0.25) is 10.0 Å². The summed E-state index contributed by atoms with van der Waals surface area (Å²) < 4.78 is 52.1. The molecule has 0 radical (unpaired) electrons. The van der Waals surface area contributed by atoms with Crippen LogP contribution in [0.3, 0.4) is 0 Å². The maximum Gasteiger partial charge on any atom is 0.273 e. The fourth-order valence-corrected chi connectivity index (χ4v) is 2.88. The number of benzene rings is 1. The molecule has 1 aromatic heterocycles. The first-order chi connectivity index (χ1) is 9.36. The van der Waals surface area contributed by atoms with Gasteiger partial charge in [-0.1, -0.05) is 18.2 Å². The lowest BCUT2D eigenvalue weighted by atomic mass is 10.2. The second kappa shape index (κ2) is 5.39. The van der Waals surface area contributed by atoms with Gasteiger partial charge in [0.25, 0.3) is 5.92 Å². The summed E-state index contributed by atoms with van der Waals surface area (Å²) in [6.45, 7) is -1.97. The summed E-state index contributed by atoms with van der Waals surface area (Å²) in [6, 6.07) is 7.89. The van der Waals surface area contributed by atoms with Crippen LogP contribution in [0.5, 0.6) is 0 Å². The fraction of sp³-hybridized carbons (Fsp3) is 0.250. The number of pyridine rings is 1. The lowest BCUT2D eigenvalue weighted by molar-refractivity contribution is 0.0170. The number of fused-ring (bicyclic) bond motifs is 1. The molecule has 5 nitrogen and oxygen atoms in total. The van der Waals surface area contributed by atoms with Crippen molar-refractivity contribution in [3.8, 4) is 0 Å². The summed E-state index contributed by atoms with van der Waals surface area (Å²) in [5, 5.41) is 0.612. The zero-order valence-electron chi connectivity index (χ0n) is 10.4. The number of nitrogens with two attached hydrogens (primary N) is 1. The lowest BCUT2D eigenvalue weighted by Crippen LogP contribution is -2.41. The van der Waals surface area contributed by atoms with Crippen molar-refractivity contribution in [3.05, 3.63) is 36.5 Å². The van der Waals surface area contributed by atoms with E-state index in [0.29, 0.717) is 5.39 Å². The molecule has 2 rings (SSSR count). The molecule has 0 atom stereocenters. The minimum Gasteiger partial charge on any atom is -0.325 e. The number of halogens is 2. The monoisotopic (exact) mass is 301 g/mol. The molecule has 0 aliphatic heterocycles. The molecule has 108 valence electrons. The Kier molecular flexibility index (Phi) is 3.98. The van der Waals surface area contributed by atoms with Crippen LogP contribution in [0.1, 0.15) is 0 Å². The van der Waals surface area contributed by atoms with E-state index in [1.54, 1.807) is 18.2 Å². The highest BCUT2D eigenvalue weighted by atomic mass is 32.2. The van der Waals surface area contributed by atoms with E-state index in [-0.39, 0.29) is 10.4 Å². The molecule has 0 aliphatic carbocycles. The van der Waals surface area contributed by atoms with Crippen LogP contribution >= 0.6 is 0 Å². The number of nitrogens with zero attached hydrogens (tertiary/aromatic N) is 1. The Bertz CT molecular complexity index is 714. The molecule has 0 fully saturated rings. The van der Waals surface area contributed by atoms with E-state index in [0.717, 1.165) is 0 Å². The van der Waals surface area contributed by atoms with Gasteiger partial charge in [0.15, 0.2) is 0 Å². The van der Waals surface area contributed by atoms with Crippen molar-refractivity contribution in [2.45, 2.75) is 10.8 Å². The van der Waals surface area contributed by atoms with E-state index in [9.17, 15) is 17.2 Å². The molecule has 1 aromatic carbocycles. The van der Waals surface area contributed by atoms with E-state index >= 15 is 0 Å². The van der Waals surface area contributed by atoms with Crippen molar-refractivity contribution in [3.63, 3.8) is 0 Å². The number of nitrogens with one attached hydrogen (secondary N) is 1. The first-order valence-electron chi connectivity index (χ1n) is 5.77. The quantitative estimate of drug-likeness (QED) is 0.866. The van der Waals surface area contributed by atoms with Crippen LogP contribution in [0, 0.1) is 0 Å². The molecule has 0 spiro atoms. The second-order valence-corrected chi connectivity index (χ2v) is 5.95. The molecular formula is C12H13F2N3O2S. The molecule has 0 saturated carbocycles. The van der Waals surface area contributed by atoms with Crippen LogP contribution in [0.2, 0.25) is 0 Å². The maximum absolute atomic E-state index is 13.0. The van der Waals surface area contributed by atoms with E-state index in [1.807, 2.05) is 4.72 Å². The average Bonchev–Trinajstić information content (AvgIpc) is 2.45. The molecule has 1 heterocycles. The van der Waals surface area contributed by atoms with E-state index < -0.39 is 29.0 Å². The molecule has 0 amide bonds. The van der Waals surface area contributed by atoms with Gasteiger partial charge in [-0.25, -0.2) is 21.9 Å². The van der Waals surface area contributed by atoms with E-state index in [4.69, 9.17) is 5.73 Å². The first-order valence-corrected chi connectivity index (χ1v) is 7.25. The average molecular weight is 301 g/mol. The van der Waals surface area contributed by atoms with Crippen LogP contribution in [0.25, 0.3) is 10.9 Å². The molecule has 8 heteroatoms. The summed E-state index contributed by atoms with van der Waals surface area (Å²) >= 11 is 0. The minimum atomic E-state index is -4.08. The summed E-state index contributed by atoms with van der Waals surface area (Å²) in [6.07, 6.45) is 1.44. The highest BCUT2D eigenvalue weighted by Crippen LogP contribution is 2.21. The summed E-state index contributed by atoms with van der Waals surface area (Å²) in [5.74, 6) is -3.29. The smallest absolute Gasteiger partial charge is 0.273 e. The molecule has 0 aliphatic rings. The number of alkyl halides is 2. The number of hydrogen-bond donors (Lipinski definition) is 2. The molecule has 20 heavy (non-hydrogen) atoms. The number of rotatable bonds is 5. The van der Waals surface area contributed by atoms with Crippen molar-refractivity contribution in [2.75, 3.05) is 13.1 Å². The molecular weight excluding hydrogens is 288 g/mol. The standard InChI is InChI=1S/C12H13F2N3O2S/c13-12(14,7-15)8-17-20(18,19)10-5-1-3-9-4-2-6-16-11(9)10/h1-6,17H,7-8,15H2. The van der Waals surface area contributed by atoms with Crippen molar-refractivity contribution in [1.82, 2.24) is 9.71 Å². The normalized spacial score (nSPS) is 12.8. The van der Waals surface area contributed by atoms with Gasteiger partial charge in [-0.05, 0) is 12.1 Å². The van der Waals surface area contributed by atoms with Gasteiger partial charge in [0.05, 0.1) is 18.6 Å². The topological polar surface area (TPSA) is 85.1 Å². The van der Waals surface area contributed by atoms with Crippen molar-refractivity contribution in [1.29, 1.82) is 0 Å². The molecule has 0 unspecified atom stereocenters. The van der Waals surface area contributed by atoms with Gasteiger partial charge in [-0.2, -0.15) is 0 Å². The number of para-hydroxylation sites is 1. The van der Waals surface area contributed by atoms with Crippen LogP contribution in [-0.4, -0.2) is 32.4 Å². The Morgan fingerprint density at radius 3 is 2.65 bits per heavy atom. The largest absolute Gasteiger partial charge is 0.325 e. The molecule has 2 aromatic rings. The van der Waals surface area contributed by atoms with Gasteiger partial charge < -0.3 is 5.73 Å². The minimum absolute atomic E-state index is 0.136.